The number of hydrogen-bond acceptors (Lipinski definition) is 5. The van der Waals surface area contributed by atoms with Crippen LogP contribution in [0, 0.1) is 0 Å². The van der Waals surface area contributed by atoms with Gasteiger partial charge in [-0.3, -0.25) is 4.90 Å². The van der Waals surface area contributed by atoms with E-state index in [9.17, 15) is 14.7 Å². The third kappa shape index (κ3) is 4.69. The molecule has 0 aliphatic carbocycles. The van der Waals surface area contributed by atoms with Crippen LogP contribution >= 0.6 is 0 Å². The SMILES string of the molecule is CC(C)(C)OC(=O)N1[C@H](COC(=O)c2ccccc2)CC[C@@H]1O. The van der Waals surface area contributed by atoms with Crippen molar-refractivity contribution in [3.05, 3.63) is 35.9 Å². The number of benzene rings is 1. The first-order valence-electron chi connectivity index (χ1n) is 7.69. The first-order chi connectivity index (χ1) is 10.8. The van der Waals surface area contributed by atoms with E-state index >= 15 is 0 Å². The standard InChI is InChI=1S/C17H23NO5/c1-17(2,3)23-16(21)18-13(9-10-14(18)19)11-22-15(20)12-7-5-4-6-8-12/h4-8,13-14,19H,9-11H2,1-3H3/t13-,14-/m0/s1. The Hall–Kier alpha value is -2.08. The van der Waals surface area contributed by atoms with Gasteiger partial charge in [0.2, 0.25) is 0 Å². The molecule has 1 aromatic carbocycles. The summed E-state index contributed by atoms with van der Waals surface area (Å²) in [6, 6.07) is 8.27. The van der Waals surface area contributed by atoms with Crippen molar-refractivity contribution < 1.29 is 24.2 Å². The molecule has 0 spiro atoms. The van der Waals surface area contributed by atoms with Gasteiger partial charge in [-0.25, -0.2) is 9.59 Å². The Morgan fingerprint density at radius 1 is 1.22 bits per heavy atom. The lowest BCUT2D eigenvalue weighted by atomic mass is 10.2. The molecule has 1 fully saturated rings. The summed E-state index contributed by atoms with van der Waals surface area (Å²) in [7, 11) is 0. The Bertz CT molecular complexity index is 552. The normalized spacial score (nSPS) is 21.1. The van der Waals surface area contributed by atoms with Gasteiger partial charge in [0.25, 0.3) is 0 Å². The van der Waals surface area contributed by atoms with Crippen LogP contribution in [0.15, 0.2) is 30.3 Å². The number of ether oxygens (including phenoxy) is 2. The number of esters is 1. The monoisotopic (exact) mass is 321 g/mol. The minimum absolute atomic E-state index is 0.0318. The Balaban J connectivity index is 1.96. The Morgan fingerprint density at radius 3 is 2.48 bits per heavy atom. The molecule has 1 aliphatic rings. The predicted molar refractivity (Wildman–Crippen MR) is 83.8 cm³/mol. The average Bonchev–Trinajstić information content (AvgIpc) is 2.85. The summed E-state index contributed by atoms with van der Waals surface area (Å²) in [5.41, 5.74) is -0.195. The summed E-state index contributed by atoms with van der Waals surface area (Å²) in [5, 5.41) is 9.99. The zero-order valence-electron chi connectivity index (χ0n) is 13.7. The van der Waals surface area contributed by atoms with Crippen molar-refractivity contribution in [2.24, 2.45) is 0 Å². The second kappa shape index (κ2) is 7.00. The van der Waals surface area contributed by atoms with Crippen LogP contribution in [-0.2, 0) is 9.47 Å². The van der Waals surface area contributed by atoms with Crippen molar-refractivity contribution in [1.82, 2.24) is 4.90 Å². The van der Waals surface area contributed by atoms with Crippen molar-refractivity contribution in [1.29, 1.82) is 0 Å². The van der Waals surface area contributed by atoms with Gasteiger partial charge in [-0.1, -0.05) is 18.2 Å². The quantitative estimate of drug-likeness (QED) is 0.866. The van der Waals surface area contributed by atoms with Crippen LogP contribution in [0.1, 0.15) is 44.0 Å². The predicted octanol–water partition coefficient (Wildman–Crippen LogP) is 2.56. The number of carbonyl (C=O) groups is 2. The molecule has 6 heteroatoms. The molecule has 126 valence electrons. The molecular weight excluding hydrogens is 298 g/mol. The van der Waals surface area contributed by atoms with Crippen LogP contribution in [0.3, 0.4) is 0 Å². The van der Waals surface area contributed by atoms with Crippen LogP contribution < -0.4 is 0 Å². The van der Waals surface area contributed by atoms with Crippen LogP contribution in [0.2, 0.25) is 0 Å². The summed E-state index contributed by atoms with van der Waals surface area (Å²) in [5.74, 6) is -0.448. The fourth-order valence-corrected chi connectivity index (χ4v) is 2.44. The highest BCUT2D eigenvalue weighted by Crippen LogP contribution is 2.25. The molecule has 0 unspecified atom stereocenters. The molecule has 1 aliphatic heterocycles. The fraction of sp³-hybridized carbons (Fsp3) is 0.529. The van der Waals surface area contributed by atoms with Gasteiger partial charge in [0.1, 0.15) is 18.4 Å². The molecule has 1 saturated heterocycles. The lowest BCUT2D eigenvalue weighted by Gasteiger charge is -2.30. The van der Waals surface area contributed by atoms with Crippen molar-refractivity contribution in [3.8, 4) is 0 Å². The molecule has 6 nitrogen and oxygen atoms in total. The Kier molecular flexibility index (Phi) is 5.26. The molecule has 0 bridgehead atoms. The summed E-state index contributed by atoms with van der Waals surface area (Å²) in [6.07, 6.45) is -0.511. The van der Waals surface area contributed by atoms with Crippen LogP contribution in [-0.4, -0.2) is 46.5 Å². The number of carbonyl (C=O) groups excluding carboxylic acids is 2. The molecule has 0 saturated carbocycles. The second-order valence-corrected chi connectivity index (χ2v) is 6.56. The third-order valence-corrected chi connectivity index (χ3v) is 3.49. The molecule has 1 N–H and O–H groups in total. The molecule has 1 aromatic rings. The number of aliphatic hydroxyl groups excluding tert-OH is 1. The first kappa shape index (κ1) is 17.3. The van der Waals surface area contributed by atoms with Gasteiger partial charge in [-0.15, -0.1) is 0 Å². The highest BCUT2D eigenvalue weighted by atomic mass is 16.6. The van der Waals surface area contributed by atoms with Crippen LogP contribution in [0.4, 0.5) is 4.79 Å². The van der Waals surface area contributed by atoms with Crippen molar-refractivity contribution >= 4 is 12.1 Å². The fourth-order valence-electron chi connectivity index (χ4n) is 2.44. The molecule has 0 aromatic heterocycles. The number of nitrogens with zero attached hydrogens (tertiary/aromatic N) is 1. The molecule has 0 radical (unpaired) electrons. The molecular formula is C17H23NO5. The number of likely N-dealkylation sites (tertiary alicyclic amines) is 1. The maximum Gasteiger partial charge on any atom is 0.412 e. The highest BCUT2D eigenvalue weighted by molar-refractivity contribution is 5.89. The minimum atomic E-state index is -0.912. The summed E-state index contributed by atoms with van der Waals surface area (Å²) in [4.78, 5) is 25.4. The zero-order valence-corrected chi connectivity index (χ0v) is 13.7. The van der Waals surface area contributed by atoms with Crippen molar-refractivity contribution in [2.75, 3.05) is 6.61 Å². The lowest BCUT2D eigenvalue weighted by molar-refractivity contribution is -0.0334. The van der Waals surface area contributed by atoms with E-state index in [1.165, 1.54) is 4.90 Å². The maximum absolute atomic E-state index is 12.2. The number of aliphatic hydroxyl groups is 1. The van der Waals surface area contributed by atoms with E-state index in [1.54, 1.807) is 45.0 Å². The van der Waals surface area contributed by atoms with Gasteiger partial charge in [0, 0.05) is 0 Å². The topological polar surface area (TPSA) is 76.1 Å². The van der Waals surface area contributed by atoms with E-state index in [2.05, 4.69) is 0 Å². The van der Waals surface area contributed by atoms with Gasteiger partial charge >= 0.3 is 12.1 Å². The van der Waals surface area contributed by atoms with E-state index < -0.39 is 23.9 Å². The van der Waals surface area contributed by atoms with E-state index in [-0.39, 0.29) is 12.6 Å². The van der Waals surface area contributed by atoms with Gasteiger partial charge in [-0.2, -0.15) is 0 Å². The number of rotatable bonds is 3. The van der Waals surface area contributed by atoms with Crippen LogP contribution in [0.5, 0.6) is 0 Å². The largest absolute Gasteiger partial charge is 0.460 e. The highest BCUT2D eigenvalue weighted by Gasteiger charge is 2.39. The zero-order chi connectivity index (χ0) is 17.0. The average molecular weight is 321 g/mol. The Morgan fingerprint density at radius 2 is 1.87 bits per heavy atom. The summed E-state index contributed by atoms with van der Waals surface area (Å²) in [6.45, 7) is 5.32. The van der Waals surface area contributed by atoms with E-state index in [0.29, 0.717) is 18.4 Å². The van der Waals surface area contributed by atoms with E-state index in [0.717, 1.165) is 0 Å². The Labute approximate surface area is 136 Å². The van der Waals surface area contributed by atoms with Gasteiger partial charge in [-0.05, 0) is 45.7 Å². The van der Waals surface area contributed by atoms with Gasteiger partial charge in [0.15, 0.2) is 0 Å². The first-order valence-corrected chi connectivity index (χ1v) is 7.69. The summed E-state index contributed by atoms with van der Waals surface area (Å²) < 4.78 is 10.6. The molecule has 1 heterocycles. The van der Waals surface area contributed by atoms with E-state index in [4.69, 9.17) is 9.47 Å². The molecule has 2 rings (SSSR count). The van der Waals surface area contributed by atoms with Gasteiger partial charge < -0.3 is 14.6 Å². The minimum Gasteiger partial charge on any atom is -0.460 e. The molecule has 2 atom stereocenters. The van der Waals surface area contributed by atoms with Crippen molar-refractivity contribution in [3.63, 3.8) is 0 Å². The van der Waals surface area contributed by atoms with Crippen LogP contribution in [0.25, 0.3) is 0 Å². The molecule has 1 amide bonds. The lowest BCUT2D eigenvalue weighted by Crippen LogP contribution is -2.46. The second-order valence-electron chi connectivity index (χ2n) is 6.56. The third-order valence-electron chi connectivity index (χ3n) is 3.49. The smallest absolute Gasteiger partial charge is 0.412 e. The van der Waals surface area contributed by atoms with Crippen molar-refractivity contribution in [2.45, 2.75) is 51.5 Å². The van der Waals surface area contributed by atoms with Gasteiger partial charge in [0.05, 0.1) is 11.6 Å². The number of amides is 1. The van der Waals surface area contributed by atoms with E-state index in [1.807, 2.05) is 6.07 Å². The maximum atomic E-state index is 12.2. The summed E-state index contributed by atoms with van der Waals surface area (Å²) >= 11 is 0. The molecule has 23 heavy (non-hydrogen) atoms. The number of hydrogen-bond donors (Lipinski definition) is 1.